The molecule has 2 N–H and O–H groups in total. The summed E-state index contributed by atoms with van der Waals surface area (Å²) in [6.07, 6.45) is -0.532. The summed E-state index contributed by atoms with van der Waals surface area (Å²) in [7, 11) is 0. The Bertz CT molecular complexity index is 677. The number of hydrogen-bond donors (Lipinski definition) is 2. The van der Waals surface area contributed by atoms with Crippen LogP contribution in [0, 0.1) is 5.92 Å². The van der Waals surface area contributed by atoms with Gasteiger partial charge in [-0.15, -0.1) is 0 Å². The highest BCUT2D eigenvalue weighted by Crippen LogP contribution is 2.36. The predicted molar refractivity (Wildman–Crippen MR) is 106 cm³/mol. The molecule has 2 aliphatic heterocycles. The summed E-state index contributed by atoms with van der Waals surface area (Å²) in [5.41, 5.74) is 3.50. The van der Waals surface area contributed by atoms with Crippen molar-refractivity contribution in [1.82, 2.24) is 14.7 Å². The summed E-state index contributed by atoms with van der Waals surface area (Å²) in [6, 6.07) is -0.852. The molecule has 0 saturated carbocycles. The number of ether oxygens (including phenoxy) is 1. The van der Waals surface area contributed by atoms with Crippen molar-refractivity contribution in [2.45, 2.75) is 51.8 Å². The molecule has 0 radical (unpaired) electrons. The molecule has 0 aromatic heterocycles. The predicted octanol–water partition coefficient (Wildman–Crippen LogP) is 0.0864. The van der Waals surface area contributed by atoms with Gasteiger partial charge >= 0.3 is 6.09 Å². The van der Waals surface area contributed by atoms with Crippen LogP contribution < -0.4 is 5.73 Å². The number of rotatable bonds is 4. The highest BCUT2D eigenvalue weighted by Gasteiger charge is 2.62. The number of nitrogens with two attached hydrogens (primary N) is 1. The summed E-state index contributed by atoms with van der Waals surface area (Å²) >= 11 is 4.11. The van der Waals surface area contributed by atoms with Crippen LogP contribution in [0.25, 0.3) is 0 Å². The van der Waals surface area contributed by atoms with E-state index >= 15 is 0 Å². The maximum Gasteiger partial charge on any atom is 0.410 e. The molecular formula is C18H30N4O5S. The third-order valence-electron chi connectivity index (χ3n) is 4.94. The molecule has 2 saturated heterocycles. The second-order valence-electron chi connectivity index (χ2n) is 8.61. The molecule has 2 rings (SSSR count). The summed E-state index contributed by atoms with van der Waals surface area (Å²) < 4.78 is 5.42. The van der Waals surface area contributed by atoms with Crippen molar-refractivity contribution >= 4 is 36.4 Å². The van der Waals surface area contributed by atoms with Crippen LogP contribution in [-0.2, 0) is 19.1 Å². The van der Waals surface area contributed by atoms with Gasteiger partial charge in [-0.2, -0.15) is 12.6 Å². The van der Waals surface area contributed by atoms with Gasteiger partial charge in [0.15, 0.2) is 5.54 Å². The van der Waals surface area contributed by atoms with E-state index in [2.05, 4.69) is 12.6 Å². The molecule has 2 aliphatic rings. The SMILES string of the molecule is CC(C)C(=O)N1CCN(C(=O)OC(C)(C)C)CC12CN([C@@H](CS)C(N)=O)C2=O. The van der Waals surface area contributed by atoms with Crippen LogP contribution in [0.15, 0.2) is 0 Å². The van der Waals surface area contributed by atoms with Gasteiger partial charge < -0.3 is 25.2 Å². The van der Waals surface area contributed by atoms with E-state index in [0.717, 1.165) is 0 Å². The summed E-state index contributed by atoms with van der Waals surface area (Å²) in [6.45, 7) is 9.45. The summed E-state index contributed by atoms with van der Waals surface area (Å²) in [5.74, 6) is -1.43. The fourth-order valence-electron chi connectivity index (χ4n) is 3.54. The van der Waals surface area contributed by atoms with E-state index in [1.54, 1.807) is 34.6 Å². The Labute approximate surface area is 170 Å². The molecule has 2 heterocycles. The first-order valence-electron chi connectivity index (χ1n) is 9.34. The minimum absolute atomic E-state index is 0.0216. The lowest BCUT2D eigenvalue weighted by Crippen LogP contribution is -2.83. The number of carbonyl (C=O) groups is 4. The molecule has 2 fully saturated rings. The Morgan fingerprint density at radius 1 is 1.21 bits per heavy atom. The van der Waals surface area contributed by atoms with Crippen LogP contribution in [0.1, 0.15) is 34.6 Å². The van der Waals surface area contributed by atoms with Gasteiger partial charge in [-0.3, -0.25) is 14.4 Å². The first-order chi connectivity index (χ1) is 12.8. The Morgan fingerprint density at radius 2 is 1.82 bits per heavy atom. The van der Waals surface area contributed by atoms with Gasteiger partial charge in [0.25, 0.3) is 5.91 Å². The molecule has 1 unspecified atom stereocenters. The van der Waals surface area contributed by atoms with E-state index in [9.17, 15) is 19.2 Å². The number of β-lactam (4-membered cyclic amide) rings is 1. The zero-order valence-electron chi connectivity index (χ0n) is 17.1. The van der Waals surface area contributed by atoms with Gasteiger partial charge in [-0.25, -0.2) is 4.79 Å². The Hall–Kier alpha value is -1.97. The van der Waals surface area contributed by atoms with Crippen molar-refractivity contribution in [2.24, 2.45) is 11.7 Å². The van der Waals surface area contributed by atoms with Crippen molar-refractivity contribution in [3.8, 4) is 0 Å². The second-order valence-corrected chi connectivity index (χ2v) is 8.98. The van der Waals surface area contributed by atoms with Gasteiger partial charge in [0.2, 0.25) is 11.8 Å². The lowest BCUT2D eigenvalue weighted by Gasteiger charge is -2.59. The van der Waals surface area contributed by atoms with Crippen LogP contribution in [0.4, 0.5) is 4.79 Å². The molecular weight excluding hydrogens is 384 g/mol. The topological polar surface area (TPSA) is 113 Å². The summed E-state index contributed by atoms with van der Waals surface area (Å²) in [5, 5.41) is 0. The average Bonchev–Trinajstić information content (AvgIpc) is 2.58. The van der Waals surface area contributed by atoms with E-state index < -0.39 is 35.1 Å². The summed E-state index contributed by atoms with van der Waals surface area (Å²) in [4.78, 5) is 54.4. The van der Waals surface area contributed by atoms with Gasteiger partial charge in [0.1, 0.15) is 11.6 Å². The lowest BCUT2D eigenvalue weighted by atomic mass is 9.81. The van der Waals surface area contributed by atoms with Crippen LogP contribution in [0.3, 0.4) is 0 Å². The highest BCUT2D eigenvalue weighted by molar-refractivity contribution is 7.80. The maximum atomic E-state index is 13.1. The average molecular weight is 415 g/mol. The number of nitrogens with zero attached hydrogens (tertiary/aromatic N) is 3. The van der Waals surface area contributed by atoms with Crippen molar-refractivity contribution in [3.05, 3.63) is 0 Å². The van der Waals surface area contributed by atoms with E-state index in [0.29, 0.717) is 0 Å². The Morgan fingerprint density at radius 3 is 2.25 bits per heavy atom. The third-order valence-corrected chi connectivity index (χ3v) is 5.29. The molecule has 10 heteroatoms. The van der Waals surface area contributed by atoms with E-state index in [-0.39, 0.29) is 43.8 Å². The maximum absolute atomic E-state index is 13.1. The third kappa shape index (κ3) is 4.06. The molecule has 0 aromatic carbocycles. The minimum atomic E-state index is -1.20. The zero-order valence-corrected chi connectivity index (χ0v) is 18.0. The highest BCUT2D eigenvalue weighted by atomic mass is 32.1. The quantitative estimate of drug-likeness (QED) is 0.500. The molecule has 4 amide bonds. The van der Waals surface area contributed by atoms with Crippen molar-refractivity contribution < 1.29 is 23.9 Å². The lowest BCUT2D eigenvalue weighted by molar-refractivity contribution is -0.183. The van der Waals surface area contributed by atoms with Crippen LogP contribution in [-0.4, -0.2) is 87.6 Å². The smallest absolute Gasteiger partial charge is 0.410 e. The number of piperazine rings is 1. The largest absolute Gasteiger partial charge is 0.444 e. The minimum Gasteiger partial charge on any atom is -0.444 e. The van der Waals surface area contributed by atoms with Crippen LogP contribution in [0.5, 0.6) is 0 Å². The number of primary amides is 1. The number of hydrogen-bond acceptors (Lipinski definition) is 6. The normalized spacial score (nSPS) is 23.7. The monoisotopic (exact) mass is 414 g/mol. The number of thiol groups is 1. The van der Waals surface area contributed by atoms with Crippen molar-refractivity contribution in [3.63, 3.8) is 0 Å². The second kappa shape index (κ2) is 7.81. The molecule has 1 spiro atoms. The van der Waals surface area contributed by atoms with Gasteiger partial charge in [0, 0.05) is 24.8 Å². The van der Waals surface area contributed by atoms with Gasteiger partial charge in [0.05, 0.1) is 13.1 Å². The van der Waals surface area contributed by atoms with Crippen molar-refractivity contribution in [2.75, 3.05) is 31.9 Å². The first kappa shape index (κ1) is 22.3. The molecule has 158 valence electrons. The molecule has 2 atom stereocenters. The van der Waals surface area contributed by atoms with E-state index in [4.69, 9.17) is 10.5 Å². The standard InChI is InChI=1S/C18H30N4O5S/c1-11(2)14(24)22-7-6-20(16(26)27-17(3,4)5)9-18(22)10-21(15(18)25)12(8-28)13(19)23/h11-12,28H,6-10H2,1-5H3,(H2,19,23)/t12-,18?/m0/s1. The molecule has 0 bridgehead atoms. The molecule has 28 heavy (non-hydrogen) atoms. The number of carbonyl (C=O) groups excluding carboxylic acids is 4. The Balaban J connectivity index is 2.29. The van der Waals surface area contributed by atoms with E-state index in [1.807, 2.05) is 0 Å². The van der Waals surface area contributed by atoms with Crippen LogP contribution in [0.2, 0.25) is 0 Å². The molecule has 0 aromatic rings. The van der Waals surface area contributed by atoms with Crippen molar-refractivity contribution in [1.29, 1.82) is 0 Å². The van der Waals surface area contributed by atoms with Crippen LogP contribution >= 0.6 is 12.6 Å². The van der Waals surface area contributed by atoms with Gasteiger partial charge in [-0.05, 0) is 20.8 Å². The number of likely N-dealkylation sites (tertiary alicyclic amines) is 1. The first-order valence-corrected chi connectivity index (χ1v) is 9.98. The Kier molecular flexibility index (Phi) is 6.22. The fraction of sp³-hybridized carbons (Fsp3) is 0.778. The molecule has 9 nitrogen and oxygen atoms in total. The van der Waals surface area contributed by atoms with E-state index in [1.165, 1.54) is 14.7 Å². The zero-order chi connectivity index (χ0) is 21.4. The number of amides is 4. The van der Waals surface area contributed by atoms with Gasteiger partial charge in [-0.1, -0.05) is 13.8 Å². The molecule has 0 aliphatic carbocycles. The fourth-order valence-corrected chi connectivity index (χ4v) is 3.92.